The van der Waals surface area contributed by atoms with Crippen LogP contribution in [0.1, 0.15) is 39.2 Å². The van der Waals surface area contributed by atoms with Crippen molar-refractivity contribution in [2.24, 2.45) is 17.4 Å². The van der Waals surface area contributed by atoms with Gasteiger partial charge in [0.15, 0.2) is 0 Å². The molecule has 0 radical (unpaired) electrons. The molecule has 0 saturated heterocycles. The van der Waals surface area contributed by atoms with Crippen molar-refractivity contribution in [1.82, 2.24) is 21.3 Å². The normalized spacial score (nSPS) is 15.1. The smallest absolute Gasteiger partial charge is 0.326 e. The number of carbonyl (C=O) groups is 7. The summed E-state index contributed by atoms with van der Waals surface area (Å²) in [6.07, 6.45) is -3.34. The van der Waals surface area contributed by atoms with Gasteiger partial charge in [0.1, 0.15) is 29.9 Å². The molecule has 238 valence electrons. The van der Waals surface area contributed by atoms with Crippen LogP contribution in [0.25, 0.3) is 0 Å². The van der Waals surface area contributed by atoms with Gasteiger partial charge in [-0.05, 0) is 37.0 Å². The molecule has 5 amide bonds. The first-order valence-corrected chi connectivity index (χ1v) is 13.1. The molecule has 0 bridgehead atoms. The molecule has 1 aromatic rings. The minimum absolute atomic E-state index is 0.000454. The predicted molar refractivity (Wildman–Crippen MR) is 148 cm³/mol. The molecule has 1 aromatic carbocycles. The first-order chi connectivity index (χ1) is 19.9. The van der Waals surface area contributed by atoms with Gasteiger partial charge >= 0.3 is 11.9 Å². The van der Waals surface area contributed by atoms with Crippen LogP contribution in [0.4, 0.5) is 0 Å². The lowest BCUT2D eigenvalue weighted by molar-refractivity contribution is -0.144. The summed E-state index contributed by atoms with van der Waals surface area (Å²) in [7, 11) is 0. The maximum atomic E-state index is 13.0. The molecule has 0 saturated carbocycles. The Kier molecular flexibility index (Phi) is 14.0. The van der Waals surface area contributed by atoms with Gasteiger partial charge in [0.2, 0.25) is 29.5 Å². The lowest BCUT2D eigenvalue weighted by Gasteiger charge is -2.27. The van der Waals surface area contributed by atoms with E-state index >= 15 is 0 Å². The minimum Gasteiger partial charge on any atom is -0.508 e. The Morgan fingerprint density at radius 1 is 0.744 bits per heavy atom. The summed E-state index contributed by atoms with van der Waals surface area (Å²) in [5.74, 6) is -9.03. The van der Waals surface area contributed by atoms with Gasteiger partial charge in [0.25, 0.3) is 0 Å². The summed E-state index contributed by atoms with van der Waals surface area (Å²) in [4.78, 5) is 85.8. The molecule has 0 fully saturated rings. The third kappa shape index (κ3) is 12.3. The van der Waals surface area contributed by atoms with Crippen molar-refractivity contribution in [3.8, 4) is 5.75 Å². The Bertz CT molecular complexity index is 1190. The van der Waals surface area contributed by atoms with E-state index in [1.54, 1.807) is 0 Å². The lowest BCUT2D eigenvalue weighted by atomic mass is 10.0. The van der Waals surface area contributed by atoms with Gasteiger partial charge in [-0.1, -0.05) is 26.0 Å². The van der Waals surface area contributed by atoms with Crippen LogP contribution in [0.5, 0.6) is 5.75 Å². The zero-order chi connectivity index (χ0) is 33.0. The van der Waals surface area contributed by atoms with Crippen molar-refractivity contribution < 1.29 is 54.0 Å². The molecule has 12 N–H and O–H groups in total. The van der Waals surface area contributed by atoms with Crippen LogP contribution < -0.4 is 32.7 Å². The Hall–Kier alpha value is -4.77. The quantitative estimate of drug-likeness (QED) is 0.0828. The number of phenols is 1. The number of phenolic OH excluding ortho intramolecular Hbond substituents is 1. The van der Waals surface area contributed by atoms with Crippen molar-refractivity contribution in [2.75, 3.05) is 0 Å². The van der Waals surface area contributed by atoms with Crippen molar-refractivity contribution in [2.45, 2.75) is 76.3 Å². The second kappa shape index (κ2) is 16.6. The third-order valence-electron chi connectivity index (χ3n) is 6.07. The van der Waals surface area contributed by atoms with Gasteiger partial charge in [-0.25, -0.2) is 4.79 Å². The topological polar surface area (TPSA) is 301 Å². The van der Waals surface area contributed by atoms with Crippen LogP contribution in [-0.4, -0.2) is 98.2 Å². The van der Waals surface area contributed by atoms with Crippen molar-refractivity contribution in [3.05, 3.63) is 29.8 Å². The summed E-state index contributed by atoms with van der Waals surface area (Å²) >= 11 is 0. The highest BCUT2D eigenvalue weighted by Gasteiger charge is 2.35. The number of carboxylic acid groups (broad SMARTS) is 2. The van der Waals surface area contributed by atoms with Gasteiger partial charge in [0.05, 0.1) is 25.0 Å². The highest BCUT2D eigenvalue weighted by Crippen LogP contribution is 2.11. The van der Waals surface area contributed by atoms with Gasteiger partial charge in [0, 0.05) is 0 Å². The van der Waals surface area contributed by atoms with Crippen LogP contribution in [0.15, 0.2) is 24.3 Å². The van der Waals surface area contributed by atoms with Crippen LogP contribution in [0.3, 0.4) is 0 Å². The largest absolute Gasteiger partial charge is 0.508 e. The number of hydrogen-bond donors (Lipinski definition) is 10. The van der Waals surface area contributed by atoms with E-state index in [-0.39, 0.29) is 12.2 Å². The molecule has 0 aliphatic heterocycles. The van der Waals surface area contributed by atoms with E-state index in [9.17, 15) is 54.0 Å². The average molecular weight is 611 g/mol. The number of primary amides is 1. The summed E-state index contributed by atoms with van der Waals surface area (Å²) in [5.41, 5.74) is 11.7. The van der Waals surface area contributed by atoms with Crippen LogP contribution >= 0.6 is 0 Å². The molecule has 0 unspecified atom stereocenters. The summed E-state index contributed by atoms with van der Waals surface area (Å²) < 4.78 is 0. The molecule has 17 heteroatoms. The molecular formula is C26H38N6O11. The number of hydrogen-bond acceptors (Lipinski definition) is 10. The fourth-order valence-corrected chi connectivity index (χ4v) is 3.74. The molecule has 6 atom stereocenters. The van der Waals surface area contributed by atoms with Gasteiger partial charge < -0.3 is 53.2 Å². The van der Waals surface area contributed by atoms with Gasteiger partial charge in [-0.15, -0.1) is 0 Å². The zero-order valence-corrected chi connectivity index (χ0v) is 23.8. The van der Waals surface area contributed by atoms with E-state index in [0.29, 0.717) is 5.56 Å². The number of nitrogens with two attached hydrogens (primary N) is 2. The number of aliphatic carboxylic acids is 2. The number of rotatable bonds is 17. The van der Waals surface area contributed by atoms with E-state index in [2.05, 4.69) is 21.3 Å². The Labute approximate surface area is 246 Å². The van der Waals surface area contributed by atoms with E-state index in [1.807, 2.05) is 0 Å². The molecule has 0 aromatic heterocycles. The monoisotopic (exact) mass is 610 g/mol. The third-order valence-corrected chi connectivity index (χ3v) is 6.07. The van der Waals surface area contributed by atoms with Crippen LogP contribution in [0, 0.1) is 5.92 Å². The molecule has 0 spiro atoms. The maximum Gasteiger partial charge on any atom is 0.326 e. The van der Waals surface area contributed by atoms with Crippen LogP contribution in [-0.2, 0) is 40.0 Å². The van der Waals surface area contributed by atoms with E-state index < -0.39 is 96.5 Å². The summed E-state index contributed by atoms with van der Waals surface area (Å²) in [6.45, 7) is 4.12. The lowest BCUT2D eigenvalue weighted by Crippen LogP contribution is -2.61. The van der Waals surface area contributed by atoms with Crippen LogP contribution in [0.2, 0.25) is 0 Å². The molecule has 1 rings (SSSR count). The Morgan fingerprint density at radius 2 is 1.23 bits per heavy atom. The number of amides is 5. The SMILES string of the molecule is CC(C)[C@H](NC(=O)[C@H](CC(=O)O)NC(=O)[C@H](CC(N)=O)NC(=O)[C@@H](NC(=O)[C@@H](N)Cc1ccc(O)cc1)[C@@H](C)O)C(=O)O. The standard InChI is InChI=1S/C26H38N6O11/c1-11(2)20(26(42)43)31-24(40)17(10-19(36)37)29-23(39)16(9-18(28)35)30-25(41)21(12(3)33)32-22(38)15(27)8-13-4-6-14(34)7-5-13/h4-7,11-12,15-17,20-21,33-34H,8-10,27H2,1-3H3,(H2,28,35)(H,29,39)(H,30,41)(H,31,40)(H,32,38)(H,36,37)(H,42,43)/t12-,15+,16+,17+,20+,21+/m1/s1. The molecule has 17 nitrogen and oxygen atoms in total. The number of aromatic hydroxyl groups is 1. The van der Waals surface area contributed by atoms with E-state index in [1.165, 1.54) is 38.1 Å². The van der Waals surface area contributed by atoms with Crippen molar-refractivity contribution in [3.63, 3.8) is 0 Å². The zero-order valence-electron chi connectivity index (χ0n) is 23.8. The highest BCUT2D eigenvalue weighted by molar-refractivity contribution is 5.98. The average Bonchev–Trinajstić information content (AvgIpc) is 2.89. The van der Waals surface area contributed by atoms with Crippen molar-refractivity contribution in [1.29, 1.82) is 0 Å². The van der Waals surface area contributed by atoms with E-state index in [4.69, 9.17) is 11.5 Å². The molecule has 43 heavy (non-hydrogen) atoms. The predicted octanol–water partition coefficient (Wildman–Crippen LogP) is -3.33. The fraction of sp³-hybridized carbons (Fsp3) is 0.500. The van der Waals surface area contributed by atoms with E-state index in [0.717, 1.165) is 6.92 Å². The minimum atomic E-state index is -1.82. The second-order valence-electron chi connectivity index (χ2n) is 10.2. The first kappa shape index (κ1) is 36.3. The number of benzene rings is 1. The van der Waals surface area contributed by atoms with Gasteiger partial charge in [-0.2, -0.15) is 0 Å². The summed E-state index contributed by atoms with van der Waals surface area (Å²) in [6, 6.07) is -2.08. The number of aliphatic hydroxyl groups excluding tert-OH is 1. The number of carbonyl (C=O) groups excluding carboxylic acids is 5. The van der Waals surface area contributed by atoms with Crippen molar-refractivity contribution >= 4 is 41.5 Å². The second-order valence-corrected chi connectivity index (χ2v) is 10.2. The Balaban J connectivity index is 3.08. The number of carboxylic acids is 2. The van der Waals surface area contributed by atoms with Gasteiger partial charge in [-0.3, -0.25) is 28.8 Å². The Morgan fingerprint density at radius 3 is 1.70 bits per heavy atom. The molecular weight excluding hydrogens is 572 g/mol. The number of aliphatic hydroxyl groups is 1. The summed E-state index contributed by atoms with van der Waals surface area (Å²) in [5, 5.41) is 46.7. The first-order valence-electron chi connectivity index (χ1n) is 13.1. The fourth-order valence-electron chi connectivity index (χ4n) is 3.74. The molecule has 0 aliphatic rings. The highest BCUT2D eigenvalue weighted by atomic mass is 16.4. The number of nitrogens with one attached hydrogen (secondary N) is 4. The maximum absolute atomic E-state index is 13.0. The molecule has 0 heterocycles. The molecule has 0 aliphatic carbocycles.